The van der Waals surface area contributed by atoms with Crippen LogP contribution in [0, 0.1) is 11.8 Å². The highest BCUT2D eigenvalue weighted by molar-refractivity contribution is 6.36. The Hall–Kier alpha value is -1.90. The summed E-state index contributed by atoms with van der Waals surface area (Å²) in [6, 6.07) is 2.46. The molecule has 4 rings (SSSR count). The van der Waals surface area contributed by atoms with Crippen LogP contribution in [0.15, 0.2) is 30.4 Å². The first-order chi connectivity index (χ1) is 11.7. The Balaban J connectivity index is 1.79. The summed E-state index contributed by atoms with van der Waals surface area (Å²) in [7, 11) is 0. The Kier molecular flexibility index (Phi) is 3.35. The highest BCUT2D eigenvalue weighted by Gasteiger charge is 2.67. The number of carbonyl (C=O) groups excluding carboxylic acids is 2. The summed E-state index contributed by atoms with van der Waals surface area (Å²) in [5.74, 6) is -3.26. The maximum Gasteiger partial charge on any atom is 0.416 e. The van der Waals surface area contributed by atoms with Gasteiger partial charge in [0.2, 0.25) is 11.8 Å². The fraction of sp³-hybridized carbons (Fsp3) is 0.375. The van der Waals surface area contributed by atoms with Crippen molar-refractivity contribution in [2.75, 3.05) is 11.5 Å². The van der Waals surface area contributed by atoms with Crippen LogP contribution >= 0.6 is 11.6 Å². The summed E-state index contributed by atoms with van der Waals surface area (Å²) in [4.78, 5) is 26.2. The third kappa shape index (κ3) is 2.11. The van der Waals surface area contributed by atoms with Gasteiger partial charge in [-0.25, -0.2) is 4.90 Å². The van der Waals surface area contributed by atoms with E-state index >= 15 is 0 Å². The van der Waals surface area contributed by atoms with Crippen LogP contribution in [0.25, 0.3) is 0 Å². The third-order valence-electron chi connectivity index (χ3n) is 4.92. The predicted molar refractivity (Wildman–Crippen MR) is 79.8 cm³/mol. The number of fused-ring (bicyclic) bond motifs is 5. The van der Waals surface area contributed by atoms with Crippen LogP contribution in [0.4, 0.5) is 18.9 Å². The van der Waals surface area contributed by atoms with Crippen LogP contribution in [0.5, 0.6) is 0 Å². The maximum absolute atomic E-state index is 13.0. The van der Waals surface area contributed by atoms with Gasteiger partial charge >= 0.3 is 6.18 Å². The van der Waals surface area contributed by atoms with Crippen molar-refractivity contribution in [1.82, 2.24) is 0 Å². The fourth-order valence-electron chi connectivity index (χ4n) is 3.78. The molecule has 1 aromatic rings. The number of hydrogen-bond acceptors (Lipinski definition) is 4. The van der Waals surface area contributed by atoms with Gasteiger partial charge in [-0.15, -0.1) is 0 Å². The first-order valence-electron chi connectivity index (χ1n) is 7.42. The quantitative estimate of drug-likeness (QED) is 0.637. The molecule has 132 valence electrons. The number of amides is 2. The van der Waals surface area contributed by atoms with Gasteiger partial charge in [-0.1, -0.05) is 23.8 Å². The summed E-state index contributed by atoms with van der Waals surface area (Å²) in [6.07, 6.45) is -2.22. The Bertz CT molecular complexity index is 824. The predicted octanol–water partition coefficient (Wildman–Crippen LogP) is 2.16. The number of aliphatic hydroxyl groups is 1. The van der Waals surface area contributed by atoms with Crippen LogP contribution < -0.4 is 4.90 Å². The lowest BCUT2D eigenvalue weighted by Crippen LogP contribution is -2.43. The zero-order valence-electron chi connectivity index (χ0n) is 12.5. The average molecular weight is 374 g/mol. The van der Waals surface area contributed by atoms with E-state index in [0.29, 0.717) is 11.0 Å². The normalized spacial score (nSPS) is 33.5. The number of imide groups is 1. The first kappa shape index (κ1) is 16.6. The van der Waals surface area contributed by atoms with E-state index in [9.17, 15) is 27.9 Å². The molecule has 3 aliphatic heterocycles. The topological polar surface area (TPSA) is 66.8 Å². The van der Waals surface area contributed by atoms with Crippen molar-refractivity contribution >= 4 is 29.1 Å². The number of anilines is 1. The molecule has 0 spiro atoms. The Morgan fingerprint density at radius 2 is 2.00 bits per heavy atom. The Morgan fingerprint density at radius 1 is 1.28 bits per heavy atom. The van der Waals surface area contributed by atoms with E-state index in [1.165, 1.54) is 6.08 Å². The van der Waals surface area contributed by atoms with Crippen molar-refractivity contribution in [3.63, 3.8) is 0 Å². The molecule has 4 atom stereocenters. The van der Waals surface area contributed by atoms with Gasteiger partial charge in [0.05, 0.1) is 40.8 Å². The van der Waals surface area contributed by atoms with Crippen LogP contribution in [0.1, 0.15) is 5.56 Å². The monoisotopic (exact) mass is 373 g/mol. The SMILES string of the molecule is O=C1[C@@H]2[C@@H](C(=O)N1c1cc(C(F)(F)F)ccc1Cl)[C@@]1(CO)C=C[C@H]2O1. The smallest absolute Gasteiger partial charge is 0.393 e. The molecule has 0 unspecified atom stereocenters. The molecule has 0 saturated carbocycles. The van der Waals surface area contributed by atoms with E-state index in [1.807, 2.05) is 0 Å². The summed E-state index contributed by atoms with van der Waals surface area (Å²) in [5.41, 5.74) is -2.64. The van der Waals surface area contributed by atoms with Crippen molar-refractivity contribution in [3.8, 4) is 0 Å². The lowest BCUT2D eigenvalue weighted by atomic mass is 9.77. The Morgan fingerprint density at radius 3 is 2.64 bits per heavy atom. The number of rotatable bonds is 2. The van der Waals surface area contributed by atoms with E-state index in [2.05, 4.69) is 0 Å². The molecule has 0 radical (unpaired) electrons. The lowest BCUT2D eigenvalue weighted by Gasteiger charge is -2.26. The van der Waals surface area contributed by atoms with E-state index in [-0.39, 0.29) is 10.7 Å². The highest BCUT2D eigenvalue weighted by atomic mass is 35.5. The first-order valence-corrected chi connectivity index (χ1v) is 7.80. The van der Waals surface area contributed by atoms with Gasteiger partial charge in [-0.3, -0.25) is 9.59 Å². The minimum absolute atomic E-state index is 0.144. The molecular weight excluding hydrogens is 363 g/mol. The molecule has 2 bridgehead atoms. The molecule has 1 N–H and O–H groups in total. The molecule has 25 heavy (non-hydrogen) atoms. The molecule has 0 aliphatic carbocycles. The van der Waals surface area contributed by atoms with Crippen molar-refractivity contribution in [3.05, 3.63) is 40.9 Å². The number of halogens is 4. The molecule has 3 heterocycles. The average Bonchev–Trinajstić information content (AvgIpc) is 3.19. The molecule has 3 aliphatic rings. The van der Waals surface area contributed by atoms with Gasteiger partial charge in [0.25, 0.3) is 0 Å². The number of alkyl halides is 3. The number of hydrogen-bond donors (Lipinski definition) is 1. The largest absolute Gasteiger partial charge is 0.416 e. The summed E-state index contributed by atoms with van der Waals surface area (Å²) < 4.78 is 44.5. The van der Waals surface area contributed by atoms with Gasteiger partial charge in [-0.2, -0.15) is 13.2 Å². The van der Waals surface area contributed by atoms with Gasteiger partial charge in [0.15, 0.2) is 0 Å². The molecule has 2 amide bonds. The maximum atomic E-state index is 13.0. The fourth-order valence-corrected chi connectivity index (χ4v) is 3.98. The Labute approximate surface area is 144 Å². The molecule has 2 fully saturated rings. The minimum atomic E-state index is -4.64. The zero-order chi connectivity index (χ0) is 18.1. The van der Waals surface area contributed by atoms with Crippen LogP contribution in [-0.4, -0.2) is 35.2 Å². The van der Waals surface area contributed by atoms with Gasteiger partial charge in [0, 0.05) is 0 Å². The van der Waals surface area contributed by atoms with Gasteiger partial charge < -0.3 is 9.84 Å². The molecular formula is C16H11ClF3NO4. The van der Waals surface area contributed by atoms with E-state index in [4.69, 9.17) is 16.3 Å². The summed E-state index contributed by atoms with van der Waals surface area (Å²) >= 11 is 5.96. The van der Waals surface area contributed by atoms with Gasteiger partial charge in [0.1, 0.15) is 5.60 Å². The van der Waals surface area contributed by atoms with E-state index in [0.717, 1.165) is 12.1 Å². The molecule has 2 saturated heterocycles. The molecule has 9 heteroatoms. The number of carbonyl (C=O) groups is 2. The van der Waals surface area contributed by atoms with Crippen LogP contribution in [-0.2, 0) is 20.5 Å². The van der Waals surface area contributed by atoms with E-state index < -0.39 is 53.7 Å². The number of benzene rings is 1. The number of aliphatic hydroxyl groups excluding tert-OH is 1. The third-order valence-corrected chi connectivity index (χ3v) is 5.24. The minimum Gasteiger partial charge on any atom is -0.393 e. The van der Waals surface area contributed by atoms with Crippen molar-refractivity contribution in [2.45, 2.75) is 17.9 Å². The summed E-state index contributed by atoms with van der Waals surface area (Å²) in [6.45, 7) is -0.510. The second kappa shape index (κ2) is 5.06. The number of nitrogens with zero attached hydrogens (tertiary/aromatic N) is 1. The van der Waals surface area contributed by atoms with E-state index in [1.54, 1.807) is 6.08 Å². The zero-order valence-corrected chi connectivity index (χ0v) is 13.2. The second-order valence-corrected chi connectivity index (χ2v) is 6.64. The van der Waals surface area contributed by atoms with Crippen LogP contribution in [0.3, 0.4) is 0 Å². The van der Waals surface area contributed by atoms with Crippen LogP contribution in [0.2, 0.25) is 5.02 Å². The number of ether oxygens (including phenoxy) is 1. The van der Waals surface area contributed by atoms with Crippen molar-refractivity contribution in [1.29, 1.82) is 0 Å². The van der Waals surface area contributed by atoms with Crippen molar-refractivity contribution in [2.24, 2.45) is 11.8 Å². The molecule has 1 aromatic carbocycles. The summed E-state index contributed by atoms with van der Waals surface area (Å²) in [5, 5.41) is 9.48. The molecule has 5 nitrogen and oxygen atoms in total. The standard InChI is InChI=1S/C16H11ClF3NO4/c17-8-2-1-7(16(18,19)20)5-9(8)21-13(23)11-10-3-4-15(6-22,25-10)12(11)14(21)24/h1-5,10-12,22H,6H2/t10-,11+,12+,15+/m1/s1. The molecule has 0 aromatic heterocycles. The van der Waals surface area contributed by atoms with Crippen molar-refractivity contribution < 1.29 is 32.6 Å². The second-order valence-electron chi connectivity index (χ2n) is 6.23. The van der Waals surface area contributed by atoms with Gasteiger partial charge in [-0.05, 0) is 18.2 Å². The highest BCUT2D eigenvalue weighted by Crippen LogP contribution is 2.53. The lowest BCUT2D eigenvalue weighted by molar-refractivity contribution is -0.137.